The summed E-state index contributed by atoms with van der Waals surface area (Å²) >= 11 is 1.37. The molecular formula is C22H23N5OS. The van der Waals surface area contributed by atoms with E-state index in [1.165, 1.54) is 18.0 Å². The van der Waals surface area contributed by atoms with Gasteiger partial charge in [0, 0.05) is 35.9 Å². The molecule has 2 atom stereocenters. The van der Waals surface area contributed by atoms with Gasteiger partial charge < -0.3 is 10.2 Å². The van der Waals surface area contributed by atoms with E-state index in [-0.39, 0.29) is 5.91 Å². The zero-order valence-electron chi connectivity index (χ0n) is 16.6. The van der Waals surface area contributed by atoms with Crippen molar-refractivity contribution in [2.45, 2.75) is 26.8 Å². The van der Waals surface area contributed by atoms with Gasteiger partial charge in [0.05, 0.1) is 11.2 Å². The second kappa shape index (κ2) is 7.22. The van der Waals surface area contributed by atoms with Crippen molar-refractivity contribution < 1.29 is 4.79 Å². The second-order valence-electron chi connectivity index (χ2n) is 8.20. The van der Waals surface area contributed by atoms with Crippen LogP contribution in [0, 0.1) is 11.8 Å². The molecule has 1 aromatic carbocycles. The molecule has 2 aromatic heterocycles. The lowest BCUT2D eigenvalue weighted by Crippen LogP contribution is -2.42. The molecule has 1 saturated heterocycles. The summed E-state index contributed by atoms with van der Waals surface area (Å²) < 4.78 is 5.51. The molecule has 6 nitrogen and oxygen atoms in total. The maximum atomic E-state index is 13.1. The van der Waals surface area contributed by atoms with Crippen LogP contribution in [0.2, 0.25) is 0 Å². The first-order valence-electron chi connectivity index (χ1n) is 10.0. The quantitative estimate of drug-likeness (QED) is 0.694. The van der Waals surface area contributed by atoms with Crippen molar-refractivity contribution in [2.75, 3.05) is 18.4 Å². The highest BCUT2D eigenvalue weighted by atomic mass is 32.1. The van der Waals surface area contributed by atoms with Crippen molar-refractivity contribution in [3.8, 4) is 0 Å². The van der Waals surface area contributed by atoms with Gasteiger partial charge >= 0.3 is 0 Å². The van der Waals surface area contributed by atoms with Gasteiger partial charge in [-0.15, -0.1) is 0 Å². The fraction of sp³-hybridized carbons (Fsp3) is 0.364. The Morgan fingerprint density at radius 2 is 2.03 bits per heavy atom. The van der Waals surface area contributed by atoms with Gasteiger partial charge in [-0.25, -0.2) is 0 Å². The van der Waals surface area contributed by atoms with Crippen LogP contribution in [0.4, 0.5) is 5.69 Å². The van der Waals surface area contributed by atoms with Gasteiger partial charge in [0.15, 0.2) is 5.84 Å². The Morgan fingerprint density at radius 3 is 2.86 bits per heavy atom. The molecule has 0 radical (unpaired) electrons. The molecule has 7 heteroatoms. The molecule has 2 unspecified atom stereocenters. The van der Waals surface area contributed by atoms with Gasteiger partial charge in [-0.3, -0.25) is 14.8 Å². The third-order valence-electron chi connectivity index (χ3n) is 5.62. The number of hydrogen-bond acceptors (Lipinski definition) is 6. The largest absolute Gasteiger partial charge is 0.339 e. The van der Waals surface area contributed by atoms with Crippen molar-refractivity contribution in [3.05, 3.63) is 53.5 Å². The van der Waals surface area contributed by atoms with E-state index in [0.717, 1.165) is 46.0 Å². The summed E-state index contributed by atoms with van der Waals surface area (Å²) in [5.74, 6) is 1.91. The van der Waals surface area contributed by atoms with Gasteiger partial charge in [0.25, 0.3) is 5.91 Å². The molecule has 29 heavy (non-hydrogen) atoms. The number of benzene rings is 1. The van der Waals surface area contributed by atoms with Crippen LogP contribution in [0.3, 0.4) is 0 Å². The second-order valence-corrected chi connectivity index (χ2v) is 9.00. The van der Waals surface area contributed by atoms with E-state index < -0.39 is 0 Å². The summed E-state index contributed by atoms with van der Waals surface area (Å²) in [7, 11) is 0. The normalized spacial score (nSPS) is 21.2. The Labute approximate surface area is 173 Å². The molecule has 0 aliphatic carbocycles. The van der Waals surface area contributed by atoms with E-state index in [0.29, 0.717) is 24.1 Å². The Hall–Kier alpha value is -2.80. The number of anilines is 1. The van der Waals surface area contributed by atoms with Crippen molar-refractivity contribution in [1.82, 2.24) is 14.3 Å². The lowest BCUT2D eigenvalue weighted by atomic mass is 9.91. The van der Waals surface area contributed by atoms with E-state index in [1.807, 2.05) is 35.2 Å². The number of carbonyl (C=O) groups is 1. The standard InChI is InChI=1S/C22H23N5OS/c1-13-8-14(2)12-27(11-13)22(28)20-17-6-5-16(9-18(17)29-26-20)25-21-19-15(10-24-21)4-3-7-23-19/h3-7,9,13-14H,8,10-12H2,1-2H3,(H,24,25). The minimum Gasteiger partial charge on any atom is -0.339 e. The summed E-state index contributed by atoms with van der Waals surface area (Å²) in [6.45, 7) is 6.71. The van der Waals surface area contributed by atoms with Gasteiger partial charge in [0.2, 0.25) is 0 Å². The van der Waals surface area contributed by atoms with E-state index in [9.17, 15) is 4.79 Å². The zero-order chi connectivity index (χ0) is 20.0. The molecule has 0 spiro atoms. The number of amidine groups is 1. The van der Waals surface area contributed by atoms with Crippen LogP contribution in [0.1, 0.15) is 42.0 Å². The molecule has 1 amide bonds. The summed E-state index contributed by atoms with van der Waals surface area (Å²) in [6.07, 6.45) is 2.96. The number of nitrogens with one attached hydrogen (secondary N) is 1. The highest BCUT2D eigenvalue weighted by Gasteiger charge is 2.28. The topological polar surface area (TPSA) is 70.5 Å². The lowest BCUT2D eigenvalue weighted by Gasteiger charge is -2.34. The van der Waals surface area contributed by atoms with Gasteiger partial charge in [-0.1, -0.05) is 19.9 Å². The molecule has 2 aliphatic rings. The maximum absolute atomic E-state index is 13.1. The molecule has 0 saturated carbocycles. The SMILES string of the molecule is CC1CC(C)CN(C(=O)c2nsc3cc(NC4=NCc5cccnc54)ccc23)C1. The number of carbonyl (C=O) groups excluding carboxylic acids is 1. The number of nitrogens with zero attached hydrogens (tertiary/aromatic N) is 4. The summed E-state index contributed by atoms with van der Waals surface area (Å²) in [6, 6.07) is 9.99. The van der Waals surface area contributed by atoms with Gasteiger partial charge in [-0.05, 0) is 54.1 Å². The first-order valence-corrected chi connectivity index (χ1v) is 10.8. The Kier molecular flexibility index (Phi) is 4.54. The van der Waals surface area contributed by atoms with Crippen LogP contribution in [0.5, 0.6) is 0 Å². The van der Waals surface area contributed by atoms with Crippen LogP contribution in [0.25, 0.3) is 10.1 Å². The molecule has 2 aliphatic heterocycles. The van der Waals surface area contributed by atoms with Crippen molar-refractivity contribution >= 4 is 39.0 Å². The van der Waals surface area contributed by atoms with E-state index in [1.54, 1.807) is 6.20 Å². The number of amides is 1. The minimum absolute atomic E-state index is 0.0497. The third kappa shape index (κ3) is 3.40. The van der Waals surface area contributed by atoms with Crippen LogP contribution >= 0.6 is 11.5 Å². The molecule has 3 aromatic rings. The van der Waals surface area contributed by atoms with E-state index in [4.69, 9.17) is 0 Å². The van der Waals surface area contributed by atoms with Gasteiger partial charge in [0.1, 0.15) is 11.4 Å². The number of aliphatic imine (C=N–C) groups is 1. The average Bonchev–Trinajstić information content (AvgIpc) is 3.31. The fourth-order valence-corrected chi connectivity index (χ4v) is 5.21. The first-order chi connectivity index (χ1) is 14.1. The Morgan fingerprint density at radius 1 is 1.21 bits per heavy atom. The number of aromatic nitrogens is 2. The molecule has 0 bridgehead atoms. The fourth-order valence-electron chi connectivity index (χ4n) is 4.40. The summed E-state index contributed by atoms with van der Waals surface area (Å²) in [5.41, 5.74) is 3.54. The molecule has 1 fully saturated rings. The van der Waals surface area contributed by atoms with Crippen LogP contribution < -0.4 is 5.32 Å². The predicted octanol–water partition coefficient (Wildman–Crippen LogP) is 4.18. The highest BCUT2D eigenvalue weighted by molar-refractivity contribution is 7.13. The number of likely N-dealkylation sites (tertiary alicyclic amines) is 1. The molecule has 4 heterocycles. The minimum atomic E-state index is 0.0497. The summed E-state index contributed by atoms with van der Waals surface area (Å²) in [5, 5.41) is 4.29. The van der Waals surface area contributed by atoms with E-state index in [2.05, 4.69) is 33.5 Å². The number of pyridine rings is 1. The van der Waals surface area contributed by atoms with E-state index >= 15 is 0 Å². The number of fused-ring (bicyclic) bond motifs is 2. The van der Waals surface area contributed by atoms with Crippen LogP contribution in [-0.4, -0.2) is 39.1 Å². The molecule has 5 rings (SSSR count). The van der Waals surface area contributed by atoms with Crippen molar-refractivity contribution in [3.63, 3.8) is 0 Å². The third-order valence-corrected chi connectivity index (χ3v) is 6.42. The monoisotopic (exact) mass is 405 g/mol. The molecule has 148 valence electrons. The van der Waals surface area contributed by atoms with Crippen molar-refractivity contribution in [2.24, 2.45) is 16.8 Å². The average molecular weight is 406 g/mol. The molecule has 1 N–H and O–H groups in total. The maximum Gasteiger partial charge on any atom is 0.274 e. The predicted molar refractivity (Wildman–Crippen MR) is 117 cm³/mol. The highest BCUT2D eigenvalue weighted by Crippen LogP contribution is 2.29. The Balaban J connectivity index is 1.39. The lowest BCUT2D eigenvalue weighted by molar-refractivity contribution is 0.0620. The zero-order valence-corrected chi connectivity index (χ0v) is 17.4. The number of hydrogen-bond donors (Lipinski definition) is 1. The molecular weight excluding hydrogens is 382 g/mol. The Bertz CT molecular complexity index is 1110. The summed E-state index contributed by atoms with van der Waals surface area (Å²) in [4.78, 5) is 24.1. The van der Waals surface area contributed by atoms with Crippen LogP contribution in [0.15, 0.2) is 41.5 Å². The van der Waals surface area contributed by atoms with Crippen LogP contribution in [-0.2, 0) is 6.54 Å². The van der Waals surface area contributed by atoms with Gasteiger partial charge in [-0.2, -0.15) is 4.37 Å². The number of rotatable bonds is 2. The first kappa shape index (κ1) is 18.2. The van der Waals surface area contributed by atoms with Crippen molar-refractivity contribution in [1.29, 1.82) is 0 Å². The smallest absolute Gasteiger partial charge is 0.274 e. The number of piperidine rings is 1.